The molecule has 0 spiro atoms. The number of hydrazine groups is 1. The first-order chi connectivity index (χ1) is 9.63. The first-order valence-corrected chi connectivity index (χ1v) is 8.11. The molecule has 118 valence electrons. The van der Waals surface area contributed by atoms with Crippen molar-refractivity contribution in [2.75, 3.05) is 20.1 Å². The number of hydrogen-bond acceptors (Lipinski definition) is 3. The summed E-state index contributed by atoms with van der Waals surface area (Å²) in [6.45, 7) is 6.42. The predicted molar refractivity (Wildman–Crippen MR) is 86.6 cm³/mol. The first-order valence-electron chi connectivity index (χ1n) is 8.11. The maximum Gasteiger partial charge on any atom is 0.205 e. The van der Waals surface area contributed by atoms with Gasteiger partial charge in [-0.2, -0.15) is 0 Å². The van der Waals surface area contributed by atoms with Gasteiger partial charge in [-0.3, -0.25) is 10.4 Å². The topological polar surface area (TPSA) is 65.7 Å². The molecular formula is C15H33N5. The fraction of sp³-hybridized carbons (Fsp3) is 0.933. The second-order valence-corrected chi connectivity index (χ2v) is 6.14. The fourth-order valence-corrected chi connectivity index (χ4v) is 2.50. The van der Waals surface area contributed by atoms with Crippen LogP contribution in [0.5, 0.6) is 0 Å². The second kappa shape index (κ2) is 10.00. The lowest BCUT2D eigenvalue weighted by Crippen LogP contribution is -2.47. The molecule has 0 aliphatic heterocycles. The summed E-state index contributed by atoms with van der Waals surface area (Å²) in [6.07, 6.45) is 8.76. The Balaban J connectivity index is 2.17. The van der Waals surface area contributed by atoms with Crippen molar-refractivity contribution in [1.82, 2.24) is 15.6 Å². The lowest BCUT2D eigenvalue weighted by Gasteiger charge is -2.24. The summed E-state index contributed by atoms with van der Waals surface area (Å²) >= 11 is 0. The summed E-state index contributed by atoms with van der Waals surface area (Å²) in [4.78, 5) is 6.90. The number of nitrogens with one attached hydrogen (secondary N) is 2. The molecule has 0 amide bonds. The third-order valence-corrected chi connectivity index (χ3v) is 4.15. The summed E-state index contributed by atoms with van der Waals surface area (Å²) in [7, 11) is 2.17. The molecule has 0 aromatic heterocycles. The van der Waals surface area contributed by atoms with Crippen LogP contribution < -0.4 is 16.6 Å². The molecule has 5 nitrogen and oxygen atoms in total. The van der Waals surface area contributed by atoms with Gasteiger partial charge < -0.3 is 10.2 Å². The maximum atomic E-state index is 5.54. The molecule has 0 radical (unpaired) electrons. The molecular weight excluding hydrogens is 250 g/mol. The lowest BCUT2D eigenvalue weighted by atomic mass is 9.96. The predicted octanol–water partition coefficient (Wildman–Crippen LogP) is 1.85. The van der Waals surface area contributed by atoms with Crippen LogP contribution in [0.1, 0.15) is 58.8 Å². The van der Waals surface area contributed by atoms with E-state index >= 15 is 0 Å². The monoisotopic (exact) mass is 283 g/mol. The molecule has 1 rings (SSSR count). The average molecular weight is 283 g/mol. The van der Waals surface area contributed by atoms with Crippen molar-refractivity contribution in [1.29, 1.82) is 0 Å². The van der Waals surface area contributed by atoms with Crippen molar-refractivity contribution >= 4 is 5.96 Å². The number of nitrogens with two attached hydrogens (primary N) is 1. The molecule has 4 N–H and O–H groups in total. The Hall–Kier alpha value is -0.810. The van der Waals surface area contributed by atoms with Gasteiger partial charge in [0.25, 0.3) is 0 Å². The van der Waals surface area contributed by atoms with E-state index in [9.17, 15) is 0 Å². The number of unbranched alkanes of at least 4 members (excludes halogenated alkanes) is 1. The number of nitrogens with zero attached hydrogens (tertiary/aromatic N) is 2. The highest BCUT2D eigenvalue weighted by Crippen LogP contribution is 2.17. The molecule has 20 heavy (non-hydrogen) atoms. The Morgan fingerprint density at radius 3 is 2.55 bits per heavy atom. The second-order valence-electron chi connectivity index (χ2n) is 6.14. The maximum absolute atomic E-state index is 5.54. The van der Waals surface area contributed by atoms with Gasteiger partial charge in [0.05, 0.1) is 0 Å². The van der Waals surface area contributed by atoms with Crippen LogP contribution in [0.3, 0.4) is 0 Å². The normalized spacial score (nSPS) is 17.8. The van der Waals surface area contributed by atoms with Crippen molar-refractivity contribution in [2.45, 2.75) is 70.9 Å². The third-order valence-electron chi connectivity index (χ3n) is 4.15. The molecule has 1 saturated carbocycles. The van der Waals surface area contributed by atoms with E-state index in [0.29, 0.717) is 12.1 Å². The largest absolute Gasteiger partial charge is 0.353 e. The van der Waals surface area contributed by atoms with E-state index in [2.05, 4.69) is 41.5 Å². The number of hydrogen-bond donors (Lipinski definition) is 3. The van der Waals surface area contributed by atoms with Crippen LogP contribution in [0.15, 0.2) is 4.99 Å². The van der Waals surface area contributed by atoms with E-state index in [1.54, 1.807) is 0 Å². The summed E-state index contributed by atoms with van der Waals surface area (Å²) in [5.74, 6) is 6.30. The lowest BCUT2D eigenvalue weighted by molar-refractivity contribution is 0.269. The van der Waals surface area contributed by atoms with Gasteiger partial charge >= 0.3 is 0 Å². The van der Waals surface area contributed by atoms with Gasteiger partial charge in [-0.25, -0.2) is 5.84 Å². The summed E-state index contributed by atoms with van der Waals surface area (Å²) < 4.78 is 0. The van der Waals surface area contributed by atoms with Crippen LogP contribution in [-0.4, -0.2) is 43.1 Å². The number of rotatable bonds is 7. The zero-order valence-corrected chi connectivity index (χ0v) is 13.5. The number of guanidine groups is 1. The molecule has 5 heteroatoms. The van der Waals surface area contributed by atoms with Gasteiger partial charge in [0.2, 0.25) is 5.96 Å². The molecule has 0 atom stereocenters. The molecule has 0 aromatic carbocycles. The zero-order chi connectivity index (χ0) is 14.8. The van der Waals surface area contributed by atoms with Gasteiger partial charge in [-0.15, -0.1) is 0 Å². The Morgan fingerprint density at radius 2 is 1.95 bits per heavy atom. The van der Waals surface area contributed by atoms with E-state index < -0.39 is 0 Å². The van der Waals surface area contributed by atoms with Crippen LogP contribution in [0, 0.1) is 0 Å². The molecule has 0 heterocycles. The van der Waals surface area contributed by atoms with Crippen LogP contribution in [0.2, 0.25) is 0 Å². The molecule has 0 saturated heterocycles. The van der Waals surface area contributed by atoms with E-state index in [4.69, 9.17) is 5.84 Å². The van der Waals surface area contributed by atoms with E-state index in [1.165, 1.54) is 38.5 Å². The zero-order valence-electron chi connectivity index (χ0n) is 13.5. The van der Waals surface area contributed by atoms with Crippen molar-refractivity contribution in [2.24, 2.45) is 10.8 Å². The van der Waals surface area contributed by atoms with Crippen LogP contribution >= 0.6 is 0 Å². The molecule has 0 unspecified atom stereocenters. The summed E-state index contributed by atoms with van der Waals surface area (Å²) in [5.41, 5.74) is 2.70. The van der Waals surface area contributed by atoms with E-state index in [1.807, 2.05) is 0 Å². The van der Waals surface area contributed by atoms with E-state index in [0.717, 1.165) is 25.5 Å². The minimum Gasteiger partial charge on any atom is -0.353 e. The van der Waals surface area contributed by atoms with Gasteiger partial charge in [0, 0.05) is 18.6 Å². The third kappa shape index (κ3) is 7.10. The Labute approximate surface area is 124 Å². The Morgan fingerprint density at radius 1 is 1.25 bits per heavy atom. The molecule has 0 bridgehead atoms. The molecule has 0 aromatic rings. The van der Waals surface area contributed by atoms with Crippen LogP contribution in [0.4, 0.5) is 0 Å². The SMILES string of the molecule is CC(C)N(C)CCCCN=C(NN)NC1CCCCC1. The minimum absolute atomic E-state index is 0.547. The first kappa shape index (κ1) is 17.2. The highest BCUT2D eigenvalue weighted by molar-refractivity contribution is 5.79. The fourth-order valence-electron chi connectivity index (χ4n) is 2.50. The van der Waals surface area contributed by atoms with Gasteiger partial charge in [0.15, 0.2) is 0 Å². The average Bonchev–Trinajstić information content (AvgIpc) is 2.46. The van der Waals surface area contributed by atoms with Crippen molar-refractivity contribution in [3.8, 4) is 0 Å². The standard InChI is InChI=1S/C15H33N5/c1-13(2)20(3)12-8-7-11-17-15(19-16)18-14-9-5-4-6-10-14/h13-14H,4-12,16H2,1-3H3,(H2,17,18,19). The highest BCUT2D eigenvalue weighted by atomic mass is 15.3. The van der Waals surface area contributed by atoms with E-state index in [-0.39, 0.29) is 0 Å². The smallest absolute Gasteiger partial charge is 0.205 e. The van der Waals surface area contributed by atoms with Gasteiger partial charge in [-0.05, 0) is 53.1 Å². The Kier molecular flexibility index (Phi) is 8.62. The number of aliphatic imine (C=N–C) groups is 1. The molecule has 1 fully saturated rings. The van der Waals surface area contributed by atoms with Crippen molar-refractivity contribution < 1.29 is 0 Å². The minimum atomic E-state index is 0.547. The van der Waals surface area contributed by atoms with Crippen LogP contribution in [-0.2, 0) is 0 Å². The molecule has 1 aliphatic carbocycles. The van der Waals surface area contributed by atoms with Gasteiger partial charge in [0.1, 0.15) is 0 Å². The van der Waals surface area contributed by atoms with Crippen LogP contribution in [0.25, 0.3) is 0 Å². The van der Waals surface area contributed by atoms with Crippen molar-refractivity contribution in [3.05, 3.63) is 0 Å². The quantitative estimate of drug-likeness (QED) is 0.219. The van der Waals surface area contributed by atoms with Crippen molar-refractivity contribution in [3.63, 3.8) is 0 Å². The summed E-state index contributed by atoms with van der Waals surface area (Å²) in [5, 5.41) is 3.43. The Bertz CT molecular complexity index is 271. The van der Waals surface area contributed by atoms with Gasteiger partial charge in [-0.1, -0.05) is 19.3 Å². The molecule has 1 aliphatic rings. The highest BCUT2D eigenvalue weighted by Gasteiger charge is 2.13. The summed E-state index contributed by atoms with van der Waals surface area (Å²) in [6, 6.07) is 1.17.